The molecule has 0 bridgehead atoms. The molecule has 0 amide bonds. The van der Waals surface area contributed by atoms with E-state index in [9.17, 15) is 10.1 Å². The van der Waals surface area contributed by atoms with Crippen molar-refractivity contribution in [3.63, 3.8) is 0 Å². The summed E-state index contributed by atoms with van der Waals surface area (Å²) in [6.07, 6.45) is 2.13. The lowest BCUT2D eigenvalue weighted by molar-refractivity contribution is -0.384. The van der Waals surface area contributed by atoms with Crippen LogP contribution in [0.1, 0.15) is 45.2 Å². The summed E-state index contributed by atoms with van der Waals surface area (Å²) in [5.74, 6) is 0.616. The molecule has 0 saturated heterocycles. The molecule has 2 aromatic carbocycles. The number of halogens is 1. The van der Waals surface area contributed by atoms with Crippen molar-refractivity contribution in [3.05, 3.63) is 73.3 Å². The summed E-state index contributed by atoms with van der Waals surface area (Å²) in [5.41, 5.74) is 3.88. The fourth-order valence-electron chi connectivity index (χ4n) is 3.26. The Morgan fingerprint density at radius 3 is 2.43 bits per heavy atom. The van der Waals surface area contributed by atoms with Crippen molar-refractivity contribution >= 4 is 34.3 Å². The van der Waals surface area contributed by atoms with Crippen molar-refractivity contribution in [2.45, 2.75) is 46.6 Å². The van der Waals surface area contributed by atoms with Crippen LogP contribution in [0, 0.1) is 23.0 Å². The van der Waals surface area contributed by atoms with Crippen molar-refractivity contribution in [3.8, 4) is 11.3 Å². The maximum absolute atomic E-state index is 11.0. The Morgan fingerprint density at radius 1 is 1.13 bits per heavy atom. The molecule has 0 radical (unpaired) electrons. The second-order valence-electron chi connectivity index (χ2n) is 7.94. The van der Waals surface area contributed by atoms with E-state index in [0.29, 0.717) is 10.9 Å². The Labute approximate surface area is 185 Å². The minimum atomic E-state index is -0.376. The Kier molecular flexibility index (Phi) is 7.10. The predicted octanol–water partition coefficient (Wildman–Crippen LogP) is 7.32. The molecule has 3 aromatic rings. The van der Waals surface area contributed by atoms with E-state index in [1.54, 1.807) is 35.6 Å². The van der Waals surface area contributed by atoms with E-state index < -0.39 is 0 Å². The van der Waals surface area contributed by atoms with Gasteiger partial charge in [-0.05, 0) is 68.0 Å². The molecule has 1 aromatic heterocycles. The lowest BCUT2D eigenvalue weighted by Crippen LogP contribution is -2.20. The van der Waals surface area contributed by atoms with Crippen LogP contribution in [0.25, 0.3) is 11.3 Å². The maximum atomic E-state index is 11.0. The number of hydrogen-bond donors (Lipinski definition) is 0. The Morgan fingerprint density at radius 2 is 1.83 bits per heavy atom. The van der Waals surface area contributed by atoms with Crippen LogP contribution in [0.5, 0.6) is 0 Å². The number of nitrogens with zero attached hydrogens (tertiary/aromatic N) is 3. The zero-order chi connectivity index (χ0) is 21.8. The number of hydrogen-bond acceptors (Lipinski definition) is 4. The molecule has 0 spiro atoms. The number of aryl methyl sites for hydroxylation is 1. The number of rotatable bonds is 7. The summed E-state index contributed by atoms with van der Waals surface area (Å²) >= 11 is 7.86. The third kappa shape index (κ3) is 5.18. The molecule has 3 rings (SSSR count). The van der Waals surface area contributed by atoms with Gasteiger partial charge in [0.15, 0.2) is 4.80 Å². The third-order valence-corrected chi connectivity index (χ3v) is 6.35. The Bertz CT molecular complexity index is 1100. The molecule has 1 atom stereocenters. The van der Waals surface area contributed by atoms with Crippen molar-refractivity contribution in [1.82, 2.24) is 4.57 Å². The molecule has 1 heterocycles. The largest absolute Gasteiger partial charge is 0.314 e. The van der Waals surface area contributed by atoms with Crippen LogP contribution in [-0.4, -0.2) is 9.49 Å². The van der Waals surface area contributed by atoms with Crippen molar-refractivity contribution < 1.29 is 4.92 Å². The lowest BCUT2D eigenvalue weighted by Gasteiger charge is -2.18. The summed E-state index contributed by atoms with van der Waals surface area (Å²) in [4.78, 5) is 16.4. The summed E-state index contributed by atoms with van der Waals surface area (Å²) in [7, 11) is 0. The molecular formula is C23H26ClN3O2S. The highest BCUT2D eigenvalue weighted by Crippen LogP contribution is 2.28. The molecule has 0 N–H and O–H groups in total. The van der Waals surface area contributed by atoms with E-state index >= 15 is 0 Å². The highest BCUT2D eigenvalue weighted by atomic mass is 35.5. The van der Waals surface area contributed by atoms with Gasteiger partial charge in [-0.2, -0.15) is 0 Å². The van der Waals surface area contributed by atoms with Gasteiger partial charge < -0.3 is 4.57 Å². The van der Waals surface area contributed by atoms with Crippen LogP contribution in [0.3, 0.4) is 0 Å². The summed E-state index contributed by atoms with van der Waals surface area (Å²) in [6, 6.07) is 12.8. The predicted molar refractivity (Wildman–Crippen MR) is 125 cm³/mol. The van der Waals surface area contributed by atoms with Gasteiger partial charge >= 0.3 is 0 Å². The standard InChI is InChI=1S/C23H26ClN3O2S/c1-15(2)5-7-17(4)26-22(18-8-11-20(12-9-18)27(28)29)14-30-23(26)25-19-10-6-16(3)21(24)13-19/h6,8-15,17H,5,7H2,1-4H3. The second-order valence-corrected chi connectivity index (χ2v) is 9.19. The van der Waals surface area contributed by atoms with Crippen molar-refractivity contribution in [2.75, 3.05) is 0 Å². The van der Waals surface area contributed by atoms with Crippen LogP contribution in [0.15, 0.2) is 52.8 Å². The van der Waals surface area contributed by atoms with Gasteiger partial charge in [0, 0.05) is 28.6 Å². The first kappa shape index (κ1) is 22.2. The van der Waals surface area contributed by atoms with E-state index in [1.165, 1.54) is 0 Å². The Hall–Kier alpha value is -2.44. The summed E-state index contributed by atoms with van der Waals surface area (Å²) in [5, 5.41) is 13.8. The number of benzene rings is 2. The maximum Gasteiger partial charge on any atom is 0.269 e. The quantitative estimate of drug-likeness (QED) is 0.283. The molecule has 0 aliphatic rings. The van der Waals surface area contributed by atoms with E-state index in [-0.39, 0.29) is 16.7 Å². The number of thiazole rings is 1. The minimum absolute atomic E-state index is 0.0904. The van der Waals surface area contributed by atoms with E-state index in [2.05, 4.69) is 30.7 Å². The first-order chi connectivity index (χ1) is 14.3. The van der Waals surface area contributed by atoms with E-state index in [1.807, 2.05) is 25.1 Å². The van der Waals surface area contributed by atoms with Gasteiger partial charge in [-0.25, -0.2) is 4.99 Å². The molecule has 158 valence electrons. The van der Waals surface area contributed by atoms with Crippen LogP contribution < -0.4 is 4.80 Å². The summed E-state index contributed by atoms with van der Waals surface area (Å²) in [6.45, 7) is 8.62. The zero-order valence-corrected chi connectivity index (χ0v) is 19.2. The average molecular weight is 444 g/mol. The molecule has 0 saturated carbocycles. The highest BCUT2D eigenvalue weighted by Gasteiger charge is 2.16. The van der Waals surface area contributed by atoms with Crippen LogP contribution in [-0.2, 0) is 0 Å². The topological polar surface area (TPSA) is 60.4 Å². The fourth-order valence-corrected chi connectivity index (χ4v) is 4.45. The number of non-ortho nitro benzene ring substituents is 1. The van der Waals surface area contributed by atoms with Gasteiger partial charge in [-0.1, -0.05) is 31.5 Å². The van der Waals surface area contributed by atoms with Gasteiger partial charge in [-0.15, -0.1) is 11.3 Å². The van der Waals surface area contributed by atoms with Crippen LogP contribution in [0.4, 0.5) is 11.4 Å². The monoisotopic (exact) mass is 443 g/mol. The number of nitro benzene ring substituents is 1. The molecule has 7 heteroatoms. The lowest BCUT2D eigenvalue weighted by atomic mass is 10.0. The van der Waals surface area contributed by atoms with Gasteiger partial charge in [0.1, 0.15) is 0 Å². The molecule has 30 heavy (non-hydrogen) atoms. The normalized spacial score (nSPS) is 13.1. The third-order valence-electron chi connectivity index (χ3n) is 5.10. The molecular weight excluding hydrogens is 418 g/mol. The van der Waals surface area contributed by atoms with E-state index in [0.717, 1.165) is 40.2 Å². The average Bonchev–Trinajstić information content (AvgIpc) is 3.12. The Balaban J connectivity index is 2.09. The number of aromatic nitrogens is 1. The molecule has 0 aliphatic carbocycles. The SMILES string of the molecule is Cc1ccc(N=c2scc(-c3ccc([N+](=O)[O-])cc3)n2C(C)CCC(C)C)cc1Cl. The van der Waals surface area contributed by atoms with Gasteiger partial charge in [0.05, 0.1) is 16.3 Å². The second kappa shape index (κ2) is 9.58. The smallest absolute Gasteiger partial charge is 0.269 e. The van der Waals surface area contributed by atoms with Gasteiger partial charge in [0.25, 0.3) is 5.69 Å². The van der Waals surface area contributed by atoms with Crippen molar-refractivity contribution in [1.29, 1.82) is 0 Å². The van der Waals surface area contributed by atoms with Gasteiger partial charge in [-0.3, -0.25) is 10.1 Å². The van der Waals surface area contributed by atoms with E-state index in [4.69, 9.17) is 16.6 Å². The number of nitro groups is 1. The molecule has 5 nitrogen and oxygen atoms in total. The van der Waals surface area contributed by atoms with Crippen LogP contribution >= 0.6 is 22.9 Å². The molecule has 0 aliphatic heterocycles. The molecule has 1 unspecified atom stereocenters. The minimum Gasteiger partial charge on any atom is -0.314 e. The molecule has 0 fully saturated rings. The first-order valence-electron chi connectivity index (χ1n) is 10.0. The fraction of sp³-hybridized carbons (Fsp3) is 0.348. The van der Waals surface area contributed by atoms with Crippen LogP contribution in [0.2, 0.25) is 5.02 Å². The summed E-state index contributed by atoms with van der Waals surface area (Å²) < 4.78 is 2.24. The highest BCUT2D eigenvalue weighted by molar-refractivity contribution is 7.07. The first-order valence-corrected chi connectivity index (χ1v) is 11.3. The van der Waals surface area contributed by atoms with Crippen molar-refractivity contribution in [2.24, 2.45) is 10.9 Å². The zero-order valence-electron chi connectivity index (χ0n) is 17.6. The van der Waals surface area contributed by atoms with Gasteiger partial charge in [0.2, 0.25) is 0 Å².